The molecule has 1 aliphatic heterocycles. The fourth-order valence-electron chi connectivity index (χ4n) is 3.26. The SMILES string of the molecule is O=C1COc2cc(C(=O)Nc3ccnn3C3CCCC3)ccc2N1. The Hall–Kier alpha value is -2.83. The topological polar surface area (TPSA) is 85.2 Å². The molecule has 0 spiro atoms. The zero-order valence-electron chi connectivity index (χ0n) is 13.1. The van der Waals surface area contributed by atoms with Crippen LogP contribution in [-0.4, -0.2) is 28.2 Å². The van der Waals surface area contributed by atoms with E-state index >= 15 is 0 Å². The Kier molecular flexibility index (Phi) is 3.68. The van der Waals surface area contributed by atoms with Gasteiger partial charge in [0.2, 0.25) is 0 Å². The van der Waals surface area contributed by atoms with Crippen molar-refractivity contribution in [1.82, 2.24) is 9.78 Å². The van der Waals surface area contributed by atoms with Crippen molar-refractivity contribution in [3.8, 4) is 5.75 Å². The summed E-state index contributed by atoms with van der Waals surface area (Å²) in [4.78, 5) is 23.8. The lowest BCUT2D eigenvalue weighted by Crippen LogP contribution is -2.25. The highest BCUT2D eigenvalue weighted by Gasteiger charge is 2.22. The van der Waals surface area contributed by atoms with Crippen LogP contribution in [0, 0.1) is 0 Å². The summed E-state index contributed by atoms with van der Waals surface area (Å²) in [6, 6.07) is 7.15. The molecule has 2 amide bonds. The van der Waals surface area contributed by atoms with Gasteiger partial charge in [-0.15, -0.1) is 0 Å². The van der Waals surface area contributed by atoms with Crippen molar-refractivity contribution in [3.05, 3.63) is 36.0 Å². The zero-order chi connectivity index (χ0) is 16.5. The van der Waals surface area contributed by atoms with E-state index in [2.05, 4.69) is 15.7 Å². The maximum absolute atomic E-state index is 12.5. The number of aromatic nitrogens is 2. The van der Waals surface area contributed by atoms with Crippen LogP contribution in [0.25, 0.3) is 0 Å². The van der Waals surface area contributed by atoms with Gasteiger partial charge in [-0.05, 0) is 31.0 Å². The molecule has 1 aromatic heterocycles. The van der Waals surface area contributed by atoms with Crippen LogP contribution >= 0.6 is 0 Å². The molecule has 4 rings (SSSR count). The van der Waals surface area contributed by atoms with Gasteiger partial charge in [-0.3, -0.25) is 9.59 Å². The number of ether oxygens (including phenoxy) is 1. The summed E-state index contributed by atoms with van der Waals surface area (Å²) >= 11 is 0. The van der Waals surface area contributed by atoms with Crippen LogP contribution in [0.1, 0.15) is 42.1 Å². The zero-order valence-corrected chi connectivity index (χ0v) is 13.1. The Labute approximate surface area is 139 Å². The number of benzene rings is 1. The Morgan fingerprint density at radius 3 is 2.96 bits per heavy atom. The van der Waals surface area contributed by atoms with Crippen molar-refractivity contribution < 1.29 is 14.3 Å². The highest BCUT2D eigenvalue weighted by atomic mass is 16.5. The lowest BCUT2D eigenvalue weighted by atomic mass is 10.1. The second kappa shape index (κ2) is 5.99. The molecular weight excluding hydrogens is 308 g/mol. The first-order valence-electron chi connectivity index (χ1n) is 8.12. The van der Waals surface area contributed by atoms with E-state index in [-0.39, 0.29) is 18.4 Å². The van der Waals surface area contributed by atoms with Crippen molar-refractivity contribution in [1.29, 1.82) is 0 Å². The summed E-state index contributed by atoms with van der Waals surface area (Å²) in [7, 11) is 0. The van der Waals surface area contributed by atoms with Gasteiger partial charge in [0.15, 0.2) is 6.61 Å². The Bertz CT molecular complexity index is 793. The largest absolute Gasteiger partial charge is 0.482 e. The number of fused-ring (bicyclic) bond motifs is 1. The minimum atomic E-state index is -0.224. The lowest BCUT2D eigenvalue weighted by Gasteiger charge is -2.18. The van der Waals surface area contributed by atoms with Crippen LogP contribution in [0.3, 0.4) is 0 Å². The minimum Gasteiger partial charge on any atom is -0.482 e. The molecule has 0 atom stereocenters. The first-order chi connectivity index (χ1) is 11.7. The summed E-state index contributed by atoms with van der Waals surface area (Å²) < 4.78 is 7.26. The number of carbonyl (C=O) groups is 2. The lowest BCUT2D eigenvalue weighted by molar-refractivity contribution is -0.118. The van der Waals surface area contributed by atoms with Gasteiger partial charge in [-0.25, -0.2) is 4.68 Å². The highest BCUT2D eigenvalue weighted by Crippen LogP contribution is 2.32. The van der Waals surface area contributed by atoms with Crippen molar-refractivity contribution in [2.45, 2.75) is 31.7 Å². The summed E-state index contributed by atoms with van der Waals surface area (Å²) in [5.74, 6) is 0.795. The van der Waals surface area contributed by atoms with E-state index in [9.17, 15) is 9.59 Å². The molecule has 1 saturated carbocycles. The molecule has 7 nitrogen and oxygen atoms in total. The van der Waals surface area contributed by atoms with Crippen LogP contribution in [0.15, 0.2) is 30.5 Å². The molecule has 2 aliphatic rings. The summed E-state index contributed by atoms with van der Waals surface area (Å²) in [6.07, 6.45) is 6.30. The molecule has 0 bridgehead atoms. The van der Waals surface area contributed by atoms with Crippen LogP contribution in [0.4, 0.5) is 11.5 Å². The average molecular weight is 326 g/mol. The molecule has 0 unspecified atom stereocenters. The fourth-order valence-corrected chi connectivity index (χ4v) is 3.26. The molecule has 2 N–H and O–H groups in total. The van der Waals surface area contributed by atoms with Crippen LogP contribution < -0.4 is 15.4 Å². The average Bonchev–Trinajstić information content (AvgIpc) is 3.25. The molecular formula is C17H18N4O3. The van der Waals surface area contributed by atoms with Gasteiger partial charge < -0.3 is 15.4 Å². The molecule has 2 heterocycles. The normalized spacial score (nSPS) is 17.1. The maximum Gasteiger partial charge on any atom is 0.262 e. The number of amides is 2. The molecule has 0 radical (unpaired) electrons. The van der Waals surface area contributed by atoms with Gasteiger partial charge in [0.25, 0.3) is 11.8 Å². The molecule has 1 aliphatic carbocycles. The van der Waals surface area contributed by atoms with Gasteiger partial charge in [-0.2, -0.15) is 5.10 Å². The van der Waals surface area contributed by atoms with E-state index in [1.165, 1.54) is 12.8 Å². The van der Waals surface area contributed by atoms with E-state index in [0.717, 1.165) is 12.8 Å². The third kappa shape index (κ3) is 2.73. The van der Waals surface area contributed by atoms with E-state index in [4.69, 9.17) is 4.74 Å². The monoisotopic (exact) mass is 326 g/mol. The summed E-state index contributed by atoms with van der Waals surface area (Å²) in [5, 5.41) is 9.98. The molecule has 1 fully saturated rings. The Morgan fingerprint density at radius 1 is 1.29 bits per heavy atom. The van der Waals surface area contributed by atoms with Crippen molar-refractivity contribution >= 4 is 23.3 Å². The first kappa shape index (κ1) is 14.7. The van der Waals surface area contributed by atoms with Crippen LogP contribution in [0.5, 0.6) is 5.75 Å². The first-order valence-corrected chi connectivity index (χ1v) is 8.12. The second-order valence-corrected chi connectivity index (χ2v) is 6.10. The van der Waals surface area contributed by atoms with Crippen LogP contribution in [0.2, 0.25) is 0 Å². The maximum atomic E-state index is 12.5. The van der Waals surface area contributed by atoms with Gasteiger partial charge in [0.1, 0.15) is 11.6 Å². The molecule has 1 aromatic carbocycles. The van der Waals surface area contributed by atoms with Crippen LogP contribution in [-0.2, 0) is 4.79 Å². The number of carbonyl (C=O) groups excluding carboxylic acids is 2. The third-order valence-corrected chi connectivity index (χ3v) is 4.46. The predicted molar refractivity (Wildman–Crippen MR) is 88.3 cm³/mol. The number of nitrogens with one attached hydrogen (secondary N) is 2. The van der Waals surface area contributed by atoms with Gasteiger partial charge in [0, 0.05) is 11.6 Å². The molecule has 124 valence electrons. The number of rotatable bonds is 3. The Morgan fingerprint density at radius 2 is 2.12 bits per heavy atom. The van der Waals surface area contributed by atoms with Gasteiger partial charge >= 0.3 is 0 Å². The van der Waals surface area contributed by atoms with E-state index in [1.807, 2.05) is 10.7 Å². The standard InChI is InChI=1S/C17H18N4O3/c22-16-10-24-14-9-11(5-6-13(14)19-16)17(23)20-15-7-8-18-21(15)12-3-1-2-4-12/h5-9,12H,1-4,10H2,(H,19,22)(H,20,23). The smallest absolute Gasteiger partial charge is 0.262 e. The Balaban J connectivity index is 1.53. The fraction of sp³-hybridized carbons (Fsp3) is 0.353. The summed E-state index contributed by atoms with van der Waals surface area (Å²) in [5.41, 5.74) is 1.06. The summed E-state index contributed by atoms with van der Waals surface area (Å²) in [6.45, 7) is -0.0352. The predicted octanol–water partition coefficient (Wildman–Crippen LogP) is 2.58. The third-order valence-electron chi connectivity index (χ3n) is 4.46. The van der Waals surface area contributed by atoms with E-state index < -0.39 is 0 Å². The van der Waals surface area contributed by atoms with E-state index in [1.54, 1.807) is 24.4 Å². The molecule has 7 heteroatoms. The second-order valence-electron chi connectivity index (χ2n) is 6.10. The number of hydrogen-bond acceptors (Lipinski definition) is 4. The van der Waals surface area contributed by atoms with E-state index in [0.29, 0.717) is 28.9 Å². The number of anilines is 2. The van der Waals surface area contributed by atoms with Crippen molar-refractivity contribution in [3.63, 3.8) is 0 Å². The quantitative estimate of drug-likeness (QED) is 0.908. The minimum absolute atomic E-state index is 0.0352. The number of nitrogens with zero attached hydrogens (tertiary/aromatic N) is 2. The van der Waals surface area contributed by atoms with Gasteiger partial charge in [-0.1, -0.05) is 12.8 Å². The molecule has 24 heavy (non-hydrogen) atoms. The highest BCUT2D eigenvalue weighted by molar-refractivity contribution is 6.05. The number of hydrogen-bond donors (Lipinski definition) is 2. The van der Waals surface area contributed by atoms with Crippen molar-refractivity contribution in [2.75, 3.05) is 17.2 Å². The van der Waals surface area contributed by atoms with Gasteiger partial charge in [0.05, 0.1) is 17.9 Å². The molecule has 0 saturated heterocycles. The molecule has 2 aromatic rings. The van der Waals surface area contributed by atoms with Crippen molar-refractivity contribution in [2.24, 2.45) is 0 Å².